The minimum Gasteiger partial charge on any atom is -0.492 e. The largest absolute Gasteiger partial charge is 0.492 e. The van der Waals surface area contributed by atoms with Gasteiger partial charge in [0, 0.05) is 24.2 Å². The van der Waals surface area contributed by atoms with Gasteiger partial charge in [0.05, 0.1) is 31.3 Å². The molecule has 1 aromatic heterocycles. The lowest BCUT2D eigenvalue weighted by atomic mass is 9.84. The number of piperidine rings is 1. The highest BCUT2D eigenvalue weighted by Gasteiger charge is 2.30. The minimum atomic E-state index is -3.21. The lowest BCUT2D eigenvalue weighted by molar-refractivity contribution is 0.00489. The van der Waals surface area contributed by atoms with Crippen LogP contribution in [0.4, 0.5) is 0 Å². The molecule has 1 saturated carbocycles. The van der Waals surface area contributed by atoms with Crippen LogP contribution >= 0.6 is 0 Å². The van der Waals surface area contributed by atoms with Crippen molar-refractivity contribution in [3.05, 3.63) is 24.0 Å². The summed E-state index contributed by atoms with van der Waals surface area (Å²) in [5.41, 5.74) is 1.06. The summed E-state index contributed by atoms with van der Waals surface area (Å²) in [6, 6.07) is 3.85. The Morgan fingerprint density at radius 2 is 2.04 bits per heavy atom. The third-order valence-corrected chi connectivity index (χ3v) is 6.35. The molecule has 1 aliphatic carbocycles. The second-order valence-electron chi connectivity index (χ2n) is 7.83. The summed E-state index contributed by atoms with van der Waals surface area (Å²) in [6.07, 6.45) is 9.14. The molecule has 2 aliphatic rings. The fourth-order valence-corrected chi connectivity index (χ4v) is 5.11. The first kappa shape index (κ1) is 21.5. The molecule has 0 radical (unpaired) electrons. The Morgan fingerprint density at radius 3 is 2.75 bits per heavy atom. The van der Waals surface area contributed by atoms with Gasteiger partial charge in [-0.2, -0.15) is 0 Å². The molecule has 158 valence electrons. The lowest BCUT2D eigenvalue weighted by Gasteiger charge is -2.35. The quantitative estimate of drug-likeness (QED) is 0.682. The Kier molecular flexibility index (Phi) is 7.68. The van der Waals surface area contributed by atoms with Gasteiger partial charge in [0.25, 0.3) is 0 Å². The van der Waals surface area contributed by atoms with Crippen LogP contribution in [0.1, 0.15) is 57.1 Å². The van der Waals surface area contributed by atoms with Crippen molar-refractivity contribution >= 4 is 10.0 Å². The number of nitrogens with zero attached hydrogens (tertiary/aromatic N) is 1. The zero-order valence-corrected chi connectivity index (χ0v) is 17.7. The monoisotopic (exact) mass is 411 g/mol. The van der Waals surface area contributed by atoms with Crippen LogP contribution < -0.4 is 14.8 Å². The van der Waals surface area contributed by atoms with Gasteiger partial charge >= 0.3 is 0 Å². The zero-order chi connectivity index (χ0) is 20.0. The number of hydrogen-bond donors (Lipinski definition) is 2. The van der Waals surface area contributed by atoms with Gasteiger partial charge in [0.2, 0.25) is 10.0 Å². The molecule has 28 heavy (non-hydrogen) atoms. The summed E-state index contributed by atoms with van der Waals surface area (Å²) >= 11 is 0. The van der Waals surface area contributed by atoms with Crippen molar-refractivity contribution in [2.75, 3.05) is 26.0 Å². The number of rotatable bonds is 8. The number of nitrogens with one attached hydrogen (secondary N) is 2. The Bertz CT molecular complexity index is 720. The standard InChI is InChI=1S/C20H33N3O4S/c1-3-26-19-7-5-13-22-20(19)15-8-10-16(11-9-15)27-14-18-17(6-4-12-21-18)23-28(2,24)25/h5,7,13,15-18,21,23H,3-4,6,8-12,14H2,1-2H3/t15-,16+,17-,18-/m0/s1. The Hall–Kier alpha value is -1.22. The average molecular weight is 412 g/mol. The fourth-order valence-electron chi connectivity index (χ4n) is 4.27. The van der Waals surface area contributed by atoms with Crippen LogP contribution in [0.5, 0.6) is 5.75 Å². The van der Waals surface area contributed by atoms with E-state index in [1.807, 2.05) is 25.3 Å². The molecule has 2 atom stereocenters. The number of pyridine rings is 1. The smallest absolute Gasteiger partial charge is 0.209 e. The minimum absolute atomic E-state index is 0.0292. The predicted octanol–water partition coefficient (Wildman–Crippen LogP) is 2.19. The van der Waals surface area contributed by atoms with Crippen LogP contribution in [0.3, 0.4) is 0 Å². The first-order chi connectivity index (χ1) is 13.5. The molecule has 7 nitrogen and oxygen atoms in total. The first-order valence-electron chi connectivity index (χ1n) is 10.4. The lowest BCUT2D eigenvalue weighted by Crippen LogP contribution is -2.55. The molecule has 0 amide bonds. The molecular weight excluding hydrogens is 378 g/mol. The number of hydrogen-bond acceptors (Lipinski definition) is 6. The summed E-state index contributed by atoms with van der Waals surface area (Å²) in [5.74, 6) is 1.31. The van der Waals surface area contributed by atoms with E-state index in [9.17, 15) is 8.42 Å². The number of ether oxygens (including phenoxy) is 2. The summed E-state index contributed by atoms with van der Waals surface area (Å²) < 4.78 is 37.9. The normalized spacial score (nSPS) is 28.8. The van der Waals surface area contributed by atoms with Gasteiger partial charge in [0.15, 0.2) is 0 Å². The molecule has 2 fully saturated rings. The van der Waals surface area contributed by atoms with E-state index < -0.39 is 10.0 Å². The van der Waals surface area contributed by atoms with Gasteiger partial charge in [-0.3, -0.25) is 4.98 Å². The van der Waals surface area contributed by atoms with Gasteiger partial charge in [0.1, 0.15) is 5.75 Å². The second kappa shape index (κ2) is 10.0. The van der Waals surface area contributed by atoms with E-state index in [1.165, 1.54) is 6.26 Å². The average Bonchev–Trinajstić information content (AvgIpc) is 2.67. The molecule has 0 spiro atoms. The Labute approximate surface area is 168 Å². The van der Waals surface area contributed by atoms with Crippen molar-refractivity contribution in [3.8, 4) is 5.75 Å². The Morgan fingerprint density at radius 1 is 1.25 bits per heavy atom. The van der Waals surface area contributed by atoms with E-state index in [2.05, 4.69) is 15.0 Å². The van der Waals surface area contributed by atoms with Crippen molar-refractivity contribution < 1.29 is 17.9 Å². The van der Waals surface area contributed by atoms with Crippen LogP contribution in [0.25, 0.3) is 0 Å². The number of sulfonamides is 1. The van der Waals surface area contributed by atoms with E-state index in [4.69, 9.17) is 9.47 Å². The molecule has 3 rings (SSSR count). The highest BCUT2D eigenvalue weighted by Crippen LogP contribution is 2.37. The Balaban J connectivity index is 1.49. The number of aromatic nitrogens is 1. The van der Waals surface area contributed by atoms with Crippen LogP contribution in [0.2, 0.25) is 0 Å². The fraction of sp³-hybridized carbons (Fsp3) is 0.750. The highest BCUT2D eigenvalue weighted by molar-refractivity contribution is 7.88. The van der Waals surface area contributed by atoms with Crippen molar-refractivity contribution in [1.82, 2.24) is 15.0 Å². The first-order valence-corrected chi connectivity index (χ1v) is 12.3. The van der Waals surface area contributed by atoms with E-state index in [0.29, 0.717) is 19.1 Å². The molecule has 8 heteroatoms. The molecule has 0 aromatic carbocycles. The van der Waals surface area contributed by atoms with Gasteiger partial charge in [-0.15, -0.1) is 0 Å². The molecule has 0 bridgehead atoms. The van der Waals surface area contributed by atoms with Crippen LogP contribution in [0.15, 0.2) is 18.3 Å². The SMILES string of the molecule is CCOc1cccnc1[C@H]1CC[C@@H](OC[C@@H]2NCCC[C@@H]2NS(C)(=O)=O)CC1. The zero-order valence-electron chi connectivity index (χ0n) is 16.9. The topological polar surface area (TPSA) is 89.6 Å². The molecule has 1 saturated heterocycles. The van der Waals surface area contributed by atoms with Crippen molar-refractivity contribution in [3.63, 3.8) is 0 Å². The molecular formula is C20H33N3O4S. The van der Waals surface area contributed by atoms with Gasteiger partial charge < -0.3 is 14.8 Å². The summed E-state index contributed by atoms with van der Waals surface area (Å²) in [4.78, 5) is 4.57. The van der Waals surface area contributed by atoms with E-state index in [-0.39, 0.29) is 18.2 Å². The molecule has 2 N–H and O–H groups in total. The van der Waals surface area contributed by atoms with Crippen LogP contribution in [-0.2, 0) is 14.8 Å². The van der Waals surface area contributed by atoms with E-state index in [1.54, 1.807) is 0 Å². The maximum absolute atomic E-state index is 11.6. The summed E-state index contributed by atoms with van der Waals surface area (Å²) in [5, 5.41) is 3.41. The second-order valence-corrected chi connectivity index (χ2v) is 9.61. The van der Waals surface area contributed by atoms with Crippen molar-refractivity contribution in [1.29, 1.82) is 0 Å². The van der Waals surface area contributed by atoms with Crippen molar-refractivity contribution in [2.45, 2.75) is 69.6 Å². The highest BCUT2D eigenvalue weighted by atomic mass is 32.2. The maximum Gasteiger partial charge on any atom is 0.209 e. The molecule has 0 unspecified atom stereocenters. The van der Waals surface area contributed by atoms with Gasteiger partial charge in [-0.1, -0.05) is 0 Å². The van der Waals surface area contributed by atoms with Crippen molar-refractivity contribution in [2.24, 2.45) is 0 Å². The predicted molar refractivity (Wildman–Crippen MR) is 109 cm³/mol. The molecule has 1 aromatic rings. The summed E-state index contributed by atoms with van der Waals surface area (Å²) in [6.45, 7) is 4.08. The van der Waals surface area contributed by atoms with Gasteiger partial charge in [-0.05, 0) is 64.1 Å². The maximum atomic E-state index is 11.6. The van der Waals surface area contributed by atoms with Crippen LogP contribution in [-0.4, -0.2) is 57.6 Å². The summed E-state index contributed by atoms with van der Waals surface area (Å²) in [7, 11) is -3.21. The van der Waals surface area contributed by atoms with E-state index in [0.717, 1.165) is 56.5 Å². The third-order valence-electron chi connectivity index (χ3n) is 5.62. The van der Waals surface area contributed by atoms with Crippen LogP contribution in [0, 0.1) is 0 Å². The molecule has 2 heterocycles. The van der Waals surface area contributed by atoms with Gasteiger partial charge in [-0.25, -0.2) is 13.1 Å². The third kappa shape index (κ3) is 6.14. The molecule has 1 aliphatic heterocycles. The van der Waals surface area contributed by atoms with E-state index >= 15 is 0 Å².